The molecule has 1 aromatic rings. The van der Waals surface area contributed by atoms with E-state index in [0.29, 0.717) is 0 Å². The van der Waals surface area contributed by atoms with Gasteiger partial charge in [-0.05, 0) is 31.9 Å². The van der Waals surface area contributed by atoms with Crippen molar-refractivity contribution in [3.63, 3.8) is 0 Å². The summed E-state index contributed by atoms with van der Waals surface area (Å²) in [6.07, 6.45) is -0.238. The van der Waals surface area contributed by atoms with E-state index in [4.69, 9.17) is 0 Å². The van der Waals surface area contributed by atoms with Crippen LogP contribution in [0.5, 0.6) is 0 Å². The van der Waals surface area contributed by atoms with Crippen LogP contribution < -0.4 is 10.6 Å². The van der Waals surface area contributed by atoms with Crippen LogP contribution in [-0.2, 0) is 15.1 Å². The number of aliphatic hydroxyl groups is 1. The molecule has 0 heterocycles. The van der Waals surface area contributed by atoms with Gasteiger partial charge in [-0.15, -0.1) is 0 Å². The number of hydrogen-bond acceptors (Lipinski definition) is 4. The van der Waals surface area contributed by atoms with Gasteiger partial charge in [0, 0.05) is 17.3 Å². The van der Waals surface area contributed by atoms with E-state index < -0.39 is 29.3 Å². The molecule has 0 aromatic heterocycles. The molecule has 1 aliphatic rings. The highest BCUT2D eigenvalue weighted by molar-refractivity contribution is 5.89. The van der Waals surface area contributed by atoms with Crippen LogP contribution in [-0.4, -0.2) is 35.9 Å². The molecule has 1 atom stereocenters. The third-order valence-corrected chi connectivity index (χ3v) is 4.48. The summed E-state index contributed by atoms with van der Waals surface area (Å²) in [7, 11) is 0. The van der Waals surface area contributed by atoms with E-state index in [-0.39, 0.29) is 18.3 Å². The van der Waals surface area contributed by atoms with E-state index in [2.05, 4.69) is 15.4 Å². The lowest BCUT2D eigenvalue weighted by Gasteiger charge is -2.28. The van der Waals surface area contributed by atoms with Crippen LogP contribution in [0.15, 0.2) is 24.3 Å². The van der Waals surface area contributed by atoms with Crippen molar-refractivity contribution in [3.05, 3.63) is 29.8 Å². The first-order valence-electron chi connectivity index (χ1n) is 8.83. The van der Waals surface area contributed by atoms with Gasteiger partial charge in [0.25, 0.3) is 5.60 Å². The van der Waals surface area contributed by atoms with E-state index in [0.717, 1.165) is 44.2 Å². The van der Waals surface area contributed by atoms with Gasteiger partial charge >= 0.3 is 18.2 Å². The fraction of sp³-hybridized carbons (Fsp3) is 0.556. The Balaban J connectivity index is 2.09. The Morgan fingerprint density at radius 1 is 1.15 bits per heavy atom. The number of carbonyl (C=O) groups excluding carboxylic acids is 2. The van der Waals surface area contributed by atoms with Gasteiger partial charge in [-0.2, -0.15) is 13.2 Å². The van der Waals surface area contributed by atoms with E-state index in [1.165, 1.54) is 19.1 Å². The molecule has 6 nitrogen and oxygen atoms in total. The zero-order valence-electron chi connectivity index (χ0n) is 14.9. The second kappa shape index (κ2) is 8.60. The molecule has 0 aliphatic heterocycles. The molecule has 9 heteroatoms. The Kier molecular flexibility index (Phi) is 6.69. The number of carbonyl (C=O) groups is 2. The van der Waals surface area contributed by atoms with Gasteiger partial charge in [0.2, 0.25) is 0 Å². The first-order valence-corrected chi connectivity index (χ1v) is 8.83. The summed E-state index contributed by atoms with van der Waals surface area (Å²) < 4.78 is 44.3. The third-order valence-electron chi connectivity index (χ3n) is 4.48. The number of rotatable bonds is 5. The molecule has 0 saturated heterocycles. The molecule has 0 radical (unpaired) electrons. The zero-order chi connectivity index (χ0) is 20.1. The molecule has 0 bridgehead atoms. The minimum atomic E-state index is -5.26. The number of halogens is 3. The summed E-state index contributed by atoms with van der Waals surface area (Å²) in [4.78, 5) is 23.7. The summed E-state index contributed by atoms with van der Waals surface area (Å²) in [5.41, 5.74) is -4.22. The zero-order valence-corrected chi connectivity index (χ0v) is 14.9. The summed E-state index contributed by atoms with van der Waals surface area (Å²) in [6.45, 7) is 1.03. The molecule has 3 N–H and O–H groups in total. The minimum Gasteiger partial charge on any atom is -0.463 e. The number of urea groups is 1. The van der Waals surface area contributed by atoms with Crippen LogP contribution in [0.1, 0.15) is 44.6 Å². The van der Waals surface area contributed by atoms with Crippen molar-refractivity contribution in [2.75, 3.05) is 11.9 Å². The second-order valence-corrected chi connectivity index (χ2v) is 6.44. The fourth-order valence-corrected chi connectivity index (χ4v) is 3.03. The molecule has 0 unspecified atom stereocenters. The van der Waals surface area contributed by atoms with Crippen molar-refractivity contribution in [1.29, 1.82) is 0 Å². The highest BCUT2D eigenvalue weighted by Gasteiger charge is 2.62. The fourth-order valence-electron chi connectivity index (χ4n) is 3.03. The average Bonchev–Trinajstić information content (AvgIpc) is 2.61. The van der Waals surface area contributed by atoms with E-state index in [1.54, 1.807) is 0 Å². The maximum Gasteiger partial charge on any atom is 0.432 e. The topological polar surface area (TPSA) is 87.7 Å². The first-order chi connectivity index (χ1) is 12.7. The Bertz CT molecular complexity index is 658. The van der Waals surface area contributed by atoms with Gasteiger partial charge < -0.3 is 20.5 Å². The van der Waals surface area contributed by atoms with Gasteiger partial charge in [0.05, 0.1) is 6.61 Å². The summed E-state index contributed by atoms with van der Waals surface area (Å²) >= 11 is 0. The molecular weight excluding hydrogens is 365 g/mol. The normalized spacial score (nSPS) is 17.7. The summed E-state index contributed by atoms with van der Waals surface area (Å²) in [5, 5.41) is 15.4. The molecule has 27 heavy (non-hydrogen) atoms. The lowest BCUT2D eigenvalue weighted by molar-refractivity contribution is -0.267. The minimum absolute atomic E-state index is 0.0807. The number of amides is 2. The summed E-state index contributed by atoms with van der Waals surface area (Å²) in [6, 6.07) is 3.86. The second-order valence-electron chi connectivity index (χ2n) is 6.44. The smallest absolute Gasteiger partial charge is 0.432 e. The average molecular weight is 388 g/mol. The number of nitrogens with one attached hydrogen (secondary N) is 2. The lowest BCUT2D eigenvalue weighted by Crippen LogP contribution is -2.50. The van der Waals surface area contributed by atoms with Crippen LogP contribution in [0.25, 0.3) is 0 Å². The van der Waals surface area contributed by atoms with Crippen LogP contribution in [0, 0.1) is 0 Å². The lowest BCUT2D eigenvalue weighted by atomic mass is 9.93. The van der Waals surface area contributed by atoms with Gasteiger partial charge in [0.15, 0.2) is 0 Å². The van der Waals surface area contributed by atoms with Gasteiger partial charge in [-0.25, -0.2) is 9.59 Å². The van der Waals surface area contributed by atoms with Crippen LogP contribution in [0.3, 0.4) is 0 Å². The largest absolute Gasteiger partial charge is 0.463 e. The number of anilines is 1. The monoisotopic (exact) mass is 388 g/mol. The van der Waals surface area contributed by atoms with Gasteiger partial charge in [0.1, 0.15) is 0 Å². The number of esters is 1. The molecular formula is C18H23F3N2O4. The van der Waals surface area contributed by atoms with Crippen LogP contribution >= 0.6 is 0 Å². The standard InChI is InChI=1S/C18H23F3N2O4/c1-2-27-15(24)17(26,18(19,20)21)12-8-10-14(11-9-12)23-16(25)22-13-6-4-3-5-7-13/h8-11,13,26H,2-7H2,1H3,(H2,22,23,25)/t17-/m0/s1. The number of ether oxygens (including phenoxy) is 1. The number of hydrogen-bond donors (Lipinski definition) is 3. The molecule has 1 aliphatic carbocycles. The number of benzene rings is 1. The van der Waals surface area contributed by atoms with Crippen molar-refractivity contribution < 1.29 is 32.6 Å². The Morgan fingerprint density at radius 3 is 2.26 bits per heavy atom. The maximum absolute atomic E-state index is 13.3. The SMILES string of the molecule is CCOC(=O)[C@@](O)(c1ccc(NC(=O)NC2CCCCC2)cc1)C(F)(F)F. The van der Waals surface area contributed by atoms with Gasteiger partial charge in [-0.3, -0.25) is 0 Å². The maximum atomic E-state index is 13.3. The molecule has 2 amide bonds. The third kappa shape index (κ3) is 4.91. The molecule has 1 saturated carbocycles. The van der Waals surface area contributed by atoms with Crippen molar-refractivity contribution in [2.24, 2.45) is 0 Å². The quantitative estimate of drug-likeness (QED) is 0.674. The van der Waals surface area contributed by atoms with E-state index in [1.807, 2.05) is 0 Å². The van der Waals surface area contributed by atoms with Crippen molar-refractivity contribution in [3.8, 4) is 0 Å². The van der Waals surface area contributed by atoms with E-state index >= 15 is 0 Å². The summed E-state index contributed by atoms with van der Waals surface area (Å²) in [5.74, 6) is -1.80. The van der Waals surface area contributed by atoms with Crippen LogP contribution in [0.2, 0.25) is 0 Å². The first kappa shape index (κ1) is 21.0. The Morgan fingerprint density at radius 2 is 1.74 bits per heavy atom. The predicted molar refractivity (Wildman–Crippen MR) is 92.1 cm³/mol. The molecule has 0 spiro atoms. The van der Waals surface area contributed by atoms with Crippen molar-refractivity contribution in [1.82, 2.24) is 5.32 Å². The molecule has 2 rings (SSSR count). The molecule has 1 fully saturated rings. The highest BCUT2D eigenvalue weighted by Crippen LogP contribution is 2.40. The van der Waals surface area contributed by atoms with Gasteiger partial charge in [-0.1, -0.05) is 31.4 Å². The predicted octanol–water partition coefficient (Wildman–Crippen LogP) is 3.45. The van der Waals surface area contributed by atoms with E-state index in [9.17, 15) is 27.9 Å². The Hall–Kier alpha value is -2.29. The molecule has 1 aromatic carbocycles. The highest BCUT2D eigenvalue weighted by atomic mass is 19.4. The molecule has 150 valence electrons. The van der Waals surface area contributed by atoms with Crippen LogP contribution in [0.4, 0.5) is 23.7 Å². The van der Waals surface area contributed by atoms with Crippen molar-refractivity contribution in [2.45, 2.75) is 56.8 Å². The Labute approximate surface area is 155 Å². The van der Waals surface area contributed by atoms with Crippen molar-refractivity contribution >= 4 is 17.7 Å². The number of alkyl halides is 3.